The van der Waals surface area contributed by atoms with Gasteiger partial charge in [-0.15, -0.1) is 0 Å². The number of hydrogen-bond donors (Lipinski definition) is 0. The van der Waals surface area contributed by atoms with Crippen LogP contribution in [-0.2, 0) is 0 Å². The number of hydrogen-bond acceptors (Lipinski definition) is 2. The molecule has 0 fully saturated rings. The van der Waals surface area contributed by atoms with Crippen molar-refractivity contribution in [2.24, 2.45) is 4.99 Å². The highest BCUT2D eigenvalue weighted by atomic mass is 15.2. The van der Waals surface area contributed by atoms with Crippen molar-refractivity contribution in [3.05, 3.63) is 0 Å². The van der Waals surface area contributed by atoms with Crippen LogP contribution in [0.3, 0.4) is 0 Å². The molecule has 1 heterocycles. The number of nitrogens with zero attached hydrogens (tertiary/aromatic N) is 2. The van der Waals surface area contributed by atoms with Gasteiger partial charge in [-0.05, 0) is 6.92 Å². The quantitative estimate of drug-likeness (QED) is 0.427. The van der Waals surface area contributed by atoms with Gasteiger partial charge in [0.05, 0.1) is 12.4 Å². The van der Waals surface area contributed by atoms with Gasteiger partial charge in [-0.3, -0.25) is 4.99 Å². The zero-order chi connectivity index (χ0) is 5.28. The van der Waals surface area contributed by atoms with E-state index in [1.54, 1.807) is 0 Å². The molecular formula is C5H10N2. The van der Waals surface area contributed by atoms with Gasteiger partial charge in [0.25, 0.3) is 0 Å². The molecule has 0 radical (unpaired) electrons. The molecule has 0 saturated heterocycles. The average Bonchev–Trinajstić information content (AvgIpc) is 1.91. The highest BCUT2D eigenvalue weighted by molar-refractivity contribution is 5.80. The van der Waals surface area contributed by atoms with Crippen molar-refractivity contribution in [3.8, 4) is 0 Å². The predicted octanol–water partition coefficient (Wildman–Crippen LogP) is 0.350. The van der Waals surface area contributed by atoms with Gasteiger partial charge in [0.15, 0.2) is 0 Å². The average molecular weight is 98.1 g/mol. The Labute approximate surface area is 43.8 Å². The van der Waals surface area contributed by atoms with Crippen LogP contribution < -0.4 is 0 Å². The third-order valence-corrected chi connectivity index (χ3v) is 1.33. The summed E-state index contributed by atoms with van der Waals surface area (Å²) in [4.78, 5) is 6.31. The first kappa shape index (κ1) is 4.62. The Kier molecular flexibility index (Phi) is 1.01. The fourth-order valence-corrected chi connectivity index (χ4v) is 0.644. The van der Waals surface area contributed by atoms with Crippen LogP contribution in [0.4, 0.5) is 0 Å². The minimum absolute atomic E-state index is 0.988. The van der Waals surface area contributed by atoms with Crippen LogP contribution in [0.2, 0.25) is 0 Å². The monoisotopic (exact) mass is 98.1 g/mol. The van der Waals surface area contributed by atoms with Gasteiger partial charge in [0, 0.05) is 13.6 Å². The lowest BCUT2D eigenvalue weighted by atomic mass is 10.6. The summed E-state index contributed by atoms with van der Waals surface area (Å²) in [6.07, 6.45) is 0. The molecule has 0 atom stereocenters. The molecule has 40 valence electrons. The first-order valence-corrected chi connectivity index (χ1v) is 2.53. The van der Waals surface area contributed by atoms with Gasteiger partial charge >= 0.3 is 0 Å². The number of amidine groups is 1. The van der Waals surface area contributed by atoms with E-state index in [0.29, 0.717) is 0 Å². The van der Waals surface area contributed by atoms with Gasteiger partial charge in [-0.2, -0.15) is 0 Å². The van der Waals surface area contributed by atoms with Crippen molar-refractivity contribution in [1.82, 2.24) is 4.90 Å². The molecule has 0 aliphatic carbocycles. The van der Waals surface area contributed by atoms with E-state index >= 15 is 0 Å². The summed E-state index contributed by atoms with van der Waals surface area (Å²) in [5.74, 6) is 1.17. The van der Waals surface area contributed by atoms with Crippen LogP contribution in [0.15, 0.2) is 4.99 Å². The zero-order valence-corrected chi connectivity index (χ0v) is 4.81. The first-order chi connectivity index (χ1) is 3.30. The third-order valence-electron chi connectivity index (χ3n) is 1.33. The molecule has 0 aromatic heterocycles. The highest BCUT2D eigenvalue weighted by Gasteiger charge is 2.04. The van der Waals surface area contributed by atoms with Crippen molar-refractivity contribution < 1.29 is 0 Å². The van der Waals surface area contributed by atoms with Crippen molar-refractivity contribution in [2.45, 2.75) is 6.92 Å². The molecule has 0 aromatic carbocycles. The highest BCUT2D eigenvalue weighted by Crippen LogP contribution is 1.94. The van der Waals surface area contributed by atoms with Crippen LogP contribution in [0, 0.1) is 0 Å². The molecule has 0 unspecified atom stereocenters. The minimum Gasteiger partial charge on any atom is -0.362 e. The van der Waals surface area contributed by atoms with Crippen LogP contribution in [0.1, 0.15) is 6.92 Å². The van der Waals surface area contributed by atoms with Crippen molar-refractivity contribution in [1.29, 1.82) is 0 Å². The lowest BCUT2D eigenvalue weighted by Gasteiger charge is -2.07. The lowest BCUT2D eigenvalue weighted by molar-refractivity contribution is 0.553. The molecule has 2 heteroatoms. The summed E-state index contributed by atoms with van der Waals surface area (Å²) in [7, 11) is 2.06. The molecule has 0 bridgehead atoms. The number of likely N-dealkylation sites (N-methyl/N-ethyl adjacent to an activating group) is 1. The Hall–Kier alpha value is -0.530. The standard InChI is InChI=1S/C5H10N2/c1-5-6-3-4-7(5)2/h3-4H2,1-2H3. The molecule has 0 amide bonds. The summed E-state index contributed by atoms with van der Waals surface area (Å²) in [5.41, 5.74) is 0. The van der Waals surface area contributed by atoms with E-state index in [9.17, 15) is 0 Å². The third kappa shape index (κ3) is 0.734. The summed E-state index contributed by atoms with van der Waals surface area (Å²) >= 11 is 0. The van der Waals surface area contributed by atoms with Gasteiger partial charge in [-0.1, -0.05) is 0 Å². The Morgan fingerprint density at radius 3 is 2.57 bits per heavy atom. The number of rotatable bonds is 0. The fraction of sp³-hybridized carbons (Fsp3) is 0.800. The Bertz CT molecular complexity index is 96.3. The Balaban J connectivity index is 2.54. The topological polar surface area (TPSA) is 15.6 Å². The molecule has 0 saturated carbocycles. The number of aliphatic imine (C=N–C) groups is 1. The second-order valence-corrected chi connectivity index (χ2v) is 1.85. The van der Waals surface area contributed by atoms with E-state index in [2.05, 4.69) is 16.9 Å². The summed E-state index contributed by atoms with van der Waals surface area (Å²) < 4.78 is 0. The predicted molar refractivity (Wildman–Crippen MR) is 30.6 cm³/mol. The Morgan fingerprint density at radius 1 is 1.71 bits per heavy atom. The van der Waals surface area contributed by atoms with Gasteiger partial charge in [0.2, 0.25) is 0 Å². The maximum Gasteiger partial charge on any atom is 0.0956 e. The fourth-order valence-electron chi connectivity index (χ4n) is 0.644. The van der Waals surface area contributed by atoms with Crippen molar-refractivity contribution in [3.63, 3.8) is 0 Å². The summed E-state index contributed by atoms with van der Waals surface area (Å²) in [5, 5.41) is 0. The summed E-state index contributed by atoms with van der Waals surface area (Å²) in [6, 6.07) is 0. The van der Waals surface area contributed by atoms with Gasteiger partial charge in [0.1, 0.15) is 0 Å². The molecule has 1 aliphatic rings. The van der Waals surface area contributed by atoms with E-state index < -0.39 is 0 Å². The SMILES string of the molecule is CC1=NCCN1C. The second-order valence-electron chi connectivity index (χ2n) is 1.85. The molecule has 7 heavy (non-hydrogen) atoms. The molecule has 0 aromatic rings. The van der Waals surface area contributed by atoms with Gasteiger partial charge < -0.3 is 4.90 Å². The van der Waals surface area contributed by atoms with E-state index in [1.165, 1.54) is 5.84 Å². The largest absolute Gasteiger partial charge is 0.362 e. The lowest BCUT2D eigenvalue weighted by Crippen LogP contribution is -2.19. The molecule has 1 aliphatic heterocycles. The second kappa shape index (κ2) is 1.52. The van der Waals surface area contributed by atoms with E-state index in [1.807, 2.05) is 6.92 Å². The van der Waals surface area contributed by atoms with Crippen LogP contribution >= 0.6 is 0 Å². The van der Waals surface area contributed by atoms with Crippen molar-refractivity contribution >= 4 is 5.84 Å². The Morgan fingerprint density at radius 2 is 2.43 bits per heavy atom. The molecule has 2 nitrogen and oxygen atoms in total. The van der Waals surface area contributed by atoms with Crippen LogP contribution in [0.5, 0.6) is 0 Å². The zero-order valence-electron chi connectivity index (χ0n) is 4.81. The molecule has 0 N–H and O–H groups in total. The maximum absolute atomic E-state index is 4.16. The van der Waals surface area contributed by atoms with Gasteiger partial charge in [-0.25, -0.2) is 0 Å². The van der Waals surface area contributed by atoms with Crippen LogP contribution in [0.25, 0.3) is 0 Å². The smallest absolute Gasteiger partial charge is 0.0956 e. The van der Waals surface area contributed by atoms with E-state index in [-0.39, 0.29) is 0 Å². The normalized spacial score (nSPS) is 20.3. The first-order valence-electron chi connectivity index (χ1n) is 2.53. The van der Waals surface area contributed by atoms with Crippen molar-refractivity contribution in [2.75, 3.05) is 20.1 Å². The summed E-state index contributed by atoms with van der Waals surface area (Å²) in [6.45, 7) is 4.13. The maximum atomic E-state index is 4.16. The molecule has 0 spiro atoms. The minimum atomic E-state index is 0.988. The van der Waals surface area contributed by atoms with Crippen LogP contribution in [-0.4, -0.2) is 30.9 Å². The molecule has 1 rings (SSSR count). The molecular weight excluding hydrogens is 88.1 g/mol. The van der Waals surface area contributed by atoms with E-state index in [4.69, 9.17) is 0 Å². The van der Waals surface area contributed by atoms with E-state index in [0.717, 1.165) is 13.1 Å².